The number of piperidine rings is 1. The molecule has 0 bridgehead atoms. The zero-order chi connectivity index (χ0) is 13.3. The van der Waals surface area contributed by atoms with Crippen molar-refractivity contribution < 1.29 is 10.0 Å². The molecule has 0 aliphatic carbocycles. The van der Waals surface area contributed by atoms with Crippen LogP contribution >= 0.6 is 22.6 Å². The molecule has 5 nitrogen and oxygen atoms in total. The van der Waals surface area contributed by atoms with E-state index in [0.29, 0.717) is 25.2 Å². The lowest BCUT2D eigenvalue weighted by molar-refractivity contribution is -0.384. The SMILES string of the molecule is CC1CN(c2ccc(I)cc2[N+](=O)[O-])CCC1O. The molecular formula is C12H15IN2O3. The van der Waals surface area contributed by atoms with Crippen molar-refractivity contribution in [3.05, 3.63) is 31.9 Å². The van der Waals surface area contributed by atoms with Crippen LogP contribution in [0.25, 0.3) is 0 Å². The van der Waals surface area contributed by atoms with Gasteiger partial charge in [-0.2, -0.15) is 0 Å². The largest absolute Gasteiger partial charge is 0.393 e. The average molecular weight is 362 g/mol. The van der Waals surface area contributed by atoms with Gasteiger partial charge in [-0.05, 0) is 47.1 Å². The molecule has 1 saturated heterocycles. The third-order valence-corrected chi connectivity index (χ3v) is 4.01. The molecular weight excluding hydrogens is 347 g/mol. The highest BCUT2D eigenvalue weighted by molar-refractivity contribution is 14.1. The number of hydrogen-bond acceptors (Lipinski definition) is 4. The van der Waals surface area contributed by atoms with Crippen molar-refractivity contribution in [3.8, 4) is 0 Å². The fraction of sp³-hybridized carbons (Fsp3) is 0.500. The Morgan fingerprint density at radius 1 is 1.56 bits per heavy atom. The van der Waals surface area contributed by atoms with E-state index in [4.69, 9.17) is 0 Å². The Bertz CT molecular complexity index is 467. The maximum absolute atomic E-state index is 11.1. The van der Waals surface area contributed by atoms with Crippen LogP contribution in [0.5, 0.6) is 0 Å². The molecule has 0 saturated carbocycles. The van der Waals surface area contributed by atoms with Gasteiger partial charge in [-0.15, -0.1) is 0 Å². The van der Waals surface area contributed by atoms with Crippen molar-refractivity contribution in [1.29, 1.82) is 0 Å². The smallest absolute Gasteiger partial charge is 0.293 e. The lowest BCUT2D eigenvalue weighted by atomic mass is 9.96. The van der Waals surface area contributed by atoms with Gasteiger partial charge in [0.05, 0.1) is 11.0 Å². The van der Waals surface area contributed by atoms with Crippen molar-refractivity contribution >= 4 is 34.0 Å². The van der Waals surface area contributed by atoms with Gasteiger partial charge in [0.15, 0.2) is 0 Å². The summed E-state index contributed by atoms with van der Waals surface area (Å²) >= 11 is 2.07. The van der Waals surface area contributed by atoms with Crippen LogP contribution in [-0.2, 0) is 0 Å². The fourth-order valence-electron chi connectivity index (χ4n) is 2.26. The molecule has 0 amide bonds. The summed E-state index contributed by atoms with van der Waals surface area (Å²) in [4.78, 5) is 12.7. The minimum absolute atomic E-state index is 0.137. The van der Waals surface area contributed by atoms with Gasteiger partial charge in [-0.25, -0.2) is 0 Å². The molecule has 0 spiro atoms. The minimum Gasteiger partial charge on any atom is -0.393 e. The number of benzene rings is 1. The first-order valence-electron chi connectivity index (χ1n) is 5.86. The number of aliphatic hydroxyl groups excluding tert-OH is 1. The topological polar surface area (TPSA) is 66.6 Å². The molecule has 98 valence electrons. The first-order chi connectivity index (χ1) is 8.49. The molecule has 0 aromatic heterocycles. The molecule has 0 radical (unpaired) electrons. The maximum atomic E-state index is 11.1. The van der Waals surface area contributed by atoms with Crippen LogP contribution in [-0.4, -0.2) is 29.2 Å². The summed E-state index contributed by atoms with van der Waals surface area (Å²) < 4.78 is 0.855. The number of hydrogen-bond donors (Lipinski definition) is 1. The number of nitro groups is 1. The average Bonchev–Trinajstić information content (AvgIpc) is 2.32. The summed E-state index contributed by atoms with van der Waals surface area (Å²) in [6.45, 7) is 3.28. The van der Waals surface area contributed by atoms with E-state index in [-0.39, 0.29) is 22.6 Å². The van der Waals surface area contributed by atoms with E-state index in [1.807, 2.05) is 17.9 Å². The quantitative estimate of drug-likeness (QED) is 0.499. The fourth-order valence-corrected chi connectivity index (χ4v) is 2.74. The van der Waals surface area contributed by atoms with Gasteiger partial charge in [0.25, 0.3) is 5.69 Å². The predicted molar refractivity (Wildman–Crippen MR) is 77.8 cm³/mol. The summed E-state index contributed by atoms with van der Waals surface area (Å²) in [5, 5.41) is 20.8. The molecule has 1 aliphatic rings. The first-order valence-corrected chi connectivity index (χ1v) is 6.94. The van der Waals surface area contributed by atoms with Gasteiger partial charge in [0.2, 0.25) is 0 Å². The van der Waals surface area contributed by atoms with E-state index < -0.39 is 0 Å². The molecule has 1 fully saturated rings. The van der Waals surface area contributed by atoms with Crippen molar-refractivity contribution in [2.24, 2.45) is 5.92 Å². The zero-order valence-corrected chi connectivity index (χ0v) is 12.2. The Labute approximate surface area is 119 Å². The van der Waals surface area contributed by atoms with Gasteiger partial charge in [-0.1, -0.05) is 6.92 Å². The summed E-state index contributed by atoms with van der Waals surface area (Å²) in [5.41, 5.74) is 0.796. The number of rotatable bonds is 2. The molecule has 1 heterocycles. The lowest BCUT2D eigenvalue weighted by Gasteiger charge is -2.35. The Balaban J connectivity index is 2.30. The van der Waals surface area contributed by atoms with Crippen molar-refractivity contribution in [2.45, 2.75) is 19.4 Å². The highest BCUT2D eigenvalue weighted by Crippen LogP contribution is 2.32. The van der Waals surface area contributed by atoms with Crippen LogP contribution in [0.3, 0.4) is 0 Å². The number of aliphatic hydroxyl groups is 1. The number of nitro benzene ring substituents is 1. The van der Waals surface area contributed by atoms with E-state index in [2.05, 4.69) is 22.6 Å². The molecule has 1 aromatic rings. The second-order valence-electron chi connectivity index (χ2n) is 4.67. The van der Waals surface area contributed by atoms with Crippen molar-refractivity contribution in [1.82, 2.24) is 0 Å². The monoisotopic (exact) mass is 362 g/mol. The summed E-state index contributed by atoms with van der Waals surface area (Å²) in [6, 6.07) is 5.26. The van der Waals surface area contributed by atoms with E-state index in [1.165, 1.54) is 0 Å². The maximum Gasteiger partial charge on any atom is 0.293 e. The molecule has 18 heavy (non-hydrogen) atoms. The Morgan fingerprint density at radius 2 is 2.28 bits per heavy atom. The molecule has 2 atom stereocenters. The van der Waals surface area contributed by atoms with E-state index >= 15 is 0 Å². The Morgan fingerprint density at radius 3 is 2.89 bits per heavy atom. The molecule has 6 heteroatoms. The van der Waals surface area contributed by atoms with Crippen LogP contribution < -0.4 is 4.90 Å². The van der Waals surface area contributed by atoms with Crippen LogP contribution in [0, 0.1) is 19.6 Å². The molecule has 1 aromatic carbocycles. The summed E-state index contributed by atoms with van der Waals surface area (Å²) in [5.74, 6) is 0.137. The van der Waals surface area contributed by atoms with Gasteiger partial charge in [0, 0.05) is 22.7 Å². The zero-order valence-electron chi connectivity index (χ0n) is 10.0. The second-order valence-corrected chi connectivity index (χ2v) is 5.92. The Kier molecular flexibility index (Phi) is 4.06. The van der Waals surface area contributed by atoms with Crippen molar-refractivity contribution in [3.63, 3.8) is 0 Å². The standard InChI is InChI=1S/C12H15IN2O3/c1-8-7-14(5-4-12(8)16)10-3-2-9(13)6-11(10)15(17)18/h2-3,6,8,12,16H,4-5,7H2,1H3. The van der Waals surface area contributed by atoms with Crippen molar-refractivity contribution in [2.75, 3.05) is 18.0 Å². The molecule has 1 N–H and O–H groups in total. The highest BCUT2D eigenvalue weighted by Gasteiger charge is 2.28. The van der Waals surface area contributed by atoms with E-state index in [1.54, 1.807) is 12.1 Å². The van der Waals surface area contributed by atoms with E-state index in [9.17, 15) is 15.2 Å². The summed E-state index contributed by atoms with van der Waals surface area (Å²) in [7, 11) is 0. The number of halogens is 1. The first kappa shape index (κ1) is 13.5. The minimum atomic E-state index is -0.340. The van der Waals surface area contributed by atoms with Gasteiger partial charge in [0.1, 0.15) is 5.69 Å². The van der Waals surface area contributed by atoms with Crippen LogP contribution in [0.15, 0.2) is 18.2 Å². The number of nitrogens with zero attached hydrogens (tertiary/aromatic N) is 2. The van der Waals surface area contributed by atoms with E-state index in [0.717, 1.165) is 3.57 Å². The van der Waals surface area contributed by atoms with Gasteiger partial charge < -0.3 is 10.0 Å². The third kappa shape index (κ3) is 2.74. The van der Waals surface area contributed by atoms with Crippen LogP contribution in [0.4, 0.5) is 11.4 Å². The predicted octanol–water partition coefficient (Wildman–Crippen LogP) is 2.41. The molecule has 1 aliphatic heterocycles. The third-order valence-electron chi connectivity index (χ3n) is 3.33. The highest BCUT2D eigenvalue weighted by atomic mass is 127. The van der Waals surface area contributed by atoms with Crippen LogP contribution in [0.1, 0.15) is 13.3 Å². The van der Waals surface area contributed by atoms with Crippen LogP contribution in [0.2, 0.25) is 0 Å². The Hall–Kier alpha value is -0.890. The normalized spacial score (nSPS) is 24.1. The second kappa shape index (κ2) is 5.40. The number of anilines is 1. The van der Waals surface area contributed by atoms with Gasteiger partial charge >= 0.3 is 0 Å². The molecule has 2 unspecified atom stereocenters. The van der Waals surface area contributed by atoms with Gasteiger partial charge in [-0.3, -0.25) is 10.1 Å². The molecule has 2 rings (SSSR count). The lowest BCUT2D eigenvalue weighted by Crippen LogP contribution is -2.42. The summed E-state index contributed by atoms with van der Waals surface area (Å²) in [6.07, 6.45) is 0.355.